The van der Waals surface area contributed by atoms with Crippen molar-refractivity contribution in [1.82, 2.24) is 15.1 Å². The number of rotatable bonds is 5. The molecule has 0 bridgehead atoms. The van der Waals surface area contributed by atoms with Crippen LogP contribution in [0.25, 0.3) is 0 Å². The number of nitrogens with one attached hydrogen (secondary N) is 2. The summed E-state index contributed by atoms with van der Waals surface area (Å²) in [5.74, 6) is -0.262. The van der Waals surface area contributed by atoms with Gasteiger partial charge in [0.2, 0.25) is 11.8 Å². The number of hydrogen-bond donors (Lipinski definition) is 2. The Morgan fingerprint density at radius 3 is 2.16 bits per heavy atom. The molecular weight excluding hydrogens is 392 g/mol. The van der Waals surface area contributed by atoms with Crippen molar-refractivity contribution in [2.45, 2.75) is 27.2 Å². The fourth-order valence-electron chi connectivity index (χ4n) is 3.62. The van der Waals surface area contributed by atoms with Gasteiger partial charge in [0.1, 0.15) is 0 Å². The van der Waals surface area contributed by atoms with Gasteiger partial charge in [-0.1, -0.05) is 47.5 Å². The first kappa shape index (κ1) is 22.5. The Balaban J connectivity index is 1.40. The average molecular weight is 423 g/mol. The molecule has 2 N–H and O–H groups in total. The molecule has 1 aliphatic heterocycles. The highest BCUT2D eigenvalue weighted by Crippen LogP contribution is 2.15. The van der Waals surface area contributed by atoms with Crippen LogP contribution in [0.1, 0.15) is 22.3 Å². The third kappa shape index (κ3) is 6.65. The van der Waals surface area contributed by atoms with E-state index < -0.39 is 6.03 Å². The minimum Gasteiger partial charge on any atom is -0.340 e. The first-order chi connectivity index (χ1) is 14.8. The Hall–Kier alpha value is -3.19. The quantitative estimate of drug-likeness (QED) is 0.776. The number of piperazine rings is 1. The van der Waals surface area contributed by atoms with E-state index in [0.29, 0.717) is 38.3 Å². The Labute approximate surface area is 183 Å². The van der Waals surface area contributed by atoms with Gasteiger partial charge in [0.05, 0.1) is 13.0 Å². The maximum atomic E-state index is 12.5. The SMILES string of the molecule is Cc1ccc(CC(=O)N2CCN(CC(=O)NC(=O)Nc3ccc(C)cc3C)CC2)cc1. The molecule has 4 amide bonds. The van der Waals surface area contributed by atoms with Crippen LogP contribution in [0.3, 0.4) is 0 Å². The second-order valence-electron chi connectivity index (χ2n) is 8.14. The van der Waals surface area contributed by atoms with Crippen LogP contribution in [0.4, 0.5) is 10.5 Å². The standard InChI is InChI=1S/C24H30N4O3/c1-17-4-7-20(8-5-17)15-23(30)28-12-10-27(11-13-28)16-22(29)26-24(31)25-21-9-6-18(2)14-19(21)3/h4-9,14H,10-13,15-16H2,1-3H3,(H2,25,26,29,31). The zero-order valence-corrected chi connectivity index (χ0v) is 18.4. The zero-order chi connectivity index (χ0) is 22.4. The lowest BCUT2D eigenvalue weighted by Crippen LogP contribution is -2.52. The van der Waals surface area contributed by atoms with Crippen LogP contribution in [0, 0.1) is 20.8 Å². The van der Waals surface area contributed by atoms with Crippen LogP contribution >= 0.6 is 0 Å². The number of hydrogen-bond acceptors (Lipinski definition) is 4. The van der Waals surface area contributed by atoms with E-state index in [1.165, 1.54) is 5.56 Å². The van der Waals surface area contributed by atoms with Crippen LogP contribution in [-0.4, -0.2) is 60.4 Å². The van der Waals surface area contributed by atoms with Crippen LogP contribution in [0.5, 0.6) is 0 Å². The Bertz CT molecular complexity index is 948. The molecule has 0 saturated carbocycles. The van der Waals surface area contributed by atoms with Crippen molar-refractivity contribution >= 4 is 23.5 Å². The molecule has 1 saturated heterocycles. The summed E-state index contributed by atoms with van der Waals surface area (Å²) in [5, 5.41) is 5.09. The molecule has 31 heavy (non-hydrogen) atoms. The van der Waals surface area contributed by atoms with Crippen molar-refractivity contribution in [3.63, 3.8) is 0 Å². The lowest BCUT2D eigenvalue weighted by molar-refractivity contribution is -0.132. The summed E-state index contributed by atoms with van der Waals surface area (Å²) in [6.45, 7) is 8.39. The fourth-order valence-corrected chi connectivity index (χ4v) is 3.62. The lowest BCUT2D eigenvalue weighted by Gasteiger charge is -2.34. The third-order valence-corrected chi connectivity index (χ3v) is 5.45. The van der Waals surface area contributed by atoms with E-state index in [2.05, 4.69) is 10.6 Å². The van der Waals surface area contributed by atoms with Gasteiger partial charge in [-0.3, -0.25) is 19.8 Å². The van der Waals surface area contributed by atoms with E-state index in [4.69, 9.17) is 0 Å². The van der Waals surface area contributed by atoms with Gasteiger partial charge in [0, 0.05) is 31.9 Å². The minimum absolute atomic E-state index is 0.0980. The van der Waals surface area contributed by atoms with E-state index in [1.54, 1.807) is 0 Å². The van der Waals surface area contributed by atoms with Crippen molar-refractivity contribution in [3.05, 3.63) is 64.7 Å². The number of aryl methyl sites for hydroxylation is 3. The van der Waals surface area contributed by atoms with Gasteiger partial charge in [-0.15, -0.1) is 0 Å². The fraction of sp³-hybridized carbons (Fsp3) is 0.375. The van der Waals surface area contributed by atoms with E-state index in [9.17, 15) is 14.4 Å². The van der Waals surface area contributed by atoms with Crippen molar-refractivity contribution in [2.75, 3.05) is 38.0 Å². The molecule has 0 radical (unpaired) electrons. The first-order valence-corrected chi connectivity index (χ1v) is 10.5. The van der Waals surface area contributed by atoms with E-state index >= 15 is 0 Å². The summed E-state index contributed by atoms with van der Waals surface area (Å²) in [6, 6.07) is 13.1. The van der Waals surface area contributed by atoms with Gasteiger partial charge in [-0.25, -0.2) is 4.79 Å². The van der Waals surface area contributed by atoms with Gasteiger partial charge in [0.25, 0.3) is 0 Å². The van der Waals surface area contributed by atoms with Crippen LogP contribution in [0.2, 0.25) is 0 Å². The molecule has 3 rings (SSSR count). The molecule has 7 heteroatoms. The molecular formula is C24H30N4O3. The maximum absolute atomic E-state index is 12.5. The molecule has 0 unspecified atom stereocenters. The molecule has 7 nitrogen and oxygen atoms in total. The summed E-state index contributed by atoms with van der Waals surface area (Å²) in [7, 11) is 0. The summed E-state index contributed by atoms with van der Waals surface area (Å²) >= 11 is 0. The predicted molar refractivity (Wildman–Crippen MR) is 121 cm³/mol. The molecule has 1 fully saturated rings. The first-order valence-electron chi connectivity index (χ1n) is 10.5. The van der Waals surface area contributed by atoms with Gasteiger partial charge in [0.15, 0.2) is 0 Å². The molecule has 2 aromatic rings. The number of imide groups is 1. The third-order valence-electron chi connectivity index (χ3n) is 5.45. The second kappa shape index (κ2) is 10.2. The van der Waals surface area contributed by atoms with Crippen LogP contribution in [0.15, 0.2) is 42.5 Å². The van der Waals surface area contributed by atoms with Crippen molar-refractivity contribution < 1.29 is 14.4 Å². The molecule has 0 atom stereocenters. The normalized spacial score (nSPS) is 14.2. The maximum Gasteiger partial charge on any atom is 0.325 e. The van der Waals surface area contributed by atoms with E-state index in [1.807, 2.05) is 73.0 Å². The summed E-state index contributed by atoms with van der Waals surface area (Å²) < 4.78 is 0. The van der Waals surface area contributed by atoms with Crippen LogP contribution < -0.4 is 10.6 Å². The Morgan fingerprint density at radius 1 is 0.871 bits per heavy atom. The summed E-state index contributed by atoms with van der Waals surface area (Å²) in [6.07, 6.45) is 0.388. The van der Waals surface area contributed by atoms with Crippen molar-refractivity contribution in [2.24, 2.45) is 0 Å². The average Bonchev–Trinajstić information content (AvgIpc) is 2.72. The summed E-state index contributed by atoms with van der Waals surface area (Å²) in [4.78, 5) is 40.7. The Kier molecular flexibility index (Phi) is 7.41. The monoisotopic (exact) mass is 422 g/mol. The molecule has 2 aromatic carbocycles. The molecule has 1 heterocycles. The van der Waals surface area contributed by atoms with E-state index in [-0.39, 0.29) is 18.4 Å². The summed E-state index contributed by atoms with van der Waals surface area (Å²) in [5.41, 5.74) is 4.90. The number of carbonyl (C=O) groups excluding carboxylic acids is 3. The van der Waals surface area contributed by atoms with Gasteiger partial charge in [-0.2, -0.15) is 0 Å². The molecule has 164 valence electrons. The molecule has 0 aromatic heterocycles. The van der Waals surface area contributed by atoms with Gasteiger partial charge < -0.3 is 10.2 Å². The number of nitrogens with zero attached hydrogens (tertiary/aromatic N) is 2. The molecule has 1 aliphatic rings. The smallest absolute Gasteiger partial charge is 0.325 e. The second-order valence-corrected chi connectivity index (χ2v) is 8.14. The van der Waals surface area contributed by atoms with Gasteiger partial charge in [-0.05, 0) is 38.0 Å². The largest absolute Gasteiger partial charge is 0.340 e. The van der Waals surface area contributed by atoms with Crippen molar-refractivity contribution in [1.29, 1.82) is 0 Å². The van der Waals surface area contributed by atoms with Gasteiger partial charge >= 0.3 is 6.03 Å². The highest BCUT2D eigenvalue weighted by Gasteiger charge is 2.23. The minimum atomic E-state index is -0.538. The highest BCUT2D eigenvalue weighted by molar-refractivity contribution is 6.02. The predicted octanol–water partition coefficient (Wildman–Crippen LogP) is 2.65. The number of urea groups is 1. The van der Waals surface area contributed by atoms with E-state index in [0.717, 1.165) is 16.7 Å². The number of anilines is 1. The number of benzene rings is 2. The topological polar surface area (TPSA) is 81.8 Å². The lowest BCUT2D eigenvalue weighted by atomic mass is 10.1. The zero-order valence-electron chi connectivity index (χ0n) is 18.4. The van der Waals surface area contributed by atoms with Crippen molar-refractivity contribution in [3.8, 4) is 0 Å². The number of carbonyl (C=O) groups is 3. The molecule has 0 spiro atoms. The highest BCUT2D eigenvalue weighted by atomic mass is 16.2. The molecule has 0 aliphatic carbocycles. The number of amides is 4. The van der Waals surface area contributed by atoms with Crippen LogP contribution in [-0.2, 0) is 16.0 Å². The Morgan fingerprint density at radius 2 is 1.52 bits per heavy atom.